The van der Waals surface area contributed by atoms with E-state index in [1.807, 2.05) is 25.2 Å². The number of benzene rings is 2. The van der Waals surface area contributed by atoms with E-state index >= 15 is 0 Å². The molecular formula is C25H30N4O3S. The van der Waals surface area contributed by atoms with Gasteiger partial charge in [-0.2, -0.15) is 4.31 Å². The highest BCUT2D eigenvalue weighted by atomic mass is 32.2. The number of piperidine rings is 1. The van der Waals surface area contributed by atoms with E-state index in [-0.39, 0.29) is 16.9 Å². The summed E-state index contributed by atoms with van der Waals surface area (Å²) >= 11 is 0. The molecule has 0 unspecified atom stereocenters. The maximum atomic E-state index is 13.0. The van der Waals surface area contributed by atoms with Crippen LogP contribution in [0.1, 0.15) is 24.2 Å². The maximum absolute atomic E-state index is 13.0. The highest BCUT2D eigenvalue weighted by Crippen LogP contribution is 2.25. The Morgan fingerprint density at radius 2 is 1.64 bits per heavy atom. The van der Waals surface area contributed by atoms with Crippen molar-refractivity contribution in [2.75, 3.05) is 20.1 Å². The molecule has 2 heterocycles. The summed E-state index contributed by atoms with van der Waals surface area (Å²) in [7, 11) is -0.0444. The van der Waals surface area contributed by atoms with E-state index in [0.29, 0.717) is 38.3 Å². The molecule has 0 saturated carbocycles. The van der Waals surface area contributed by atoms with Crippen molar-refractivity contribution in [2.24, 2.45) is 13.0 Å². The predicted molar refractivity (Wildman–Crippen MR) is 128 cm³/mol. The number of nitrogens with zero attached hydrogens (tertiary/aromatic N) is 4. The molecule has 0 spiro atoms. The zero-order valence-electron chi connectivity index (χ0n) is 19.3. The number of amides is 1. The van der Waals surface area contributed by atoms with Crippen LogP contribution in [0.3, 0.4) is 0 Å². The van der Waals surface area contributed by atoms with Gasteiger partial charge in [-0.1, -0.05) is 54.6 Å². The molecule has 0 N–H and O–H groups in total. The average molecular weight is 467 g/mol. The zero-order valence-corrected chi connectivity index (χ0v) is 20.1. The van der Waals surface area contributed by atoms with Gasteiger partial charge in [0, 0.05) is 45.8 Å². The Hall–Kier alpha value is -2.97. The Balaban J connectivity index is 1.33. The fraction of sp³-hybridized carbons (Fsp3) is 0.360. The second kappa shape index (κ2) is 9.49. The summed E-state index contributed by atoms with van der Waals surface area (Å²) in [5, 5.41) is 0.0725. The third-order valence-corrected chi connectivity index (χ3v) is 8.12. The molecule has 0 radical (unpaired) electrons. The minimum Gasteiger partial charge on any atom is -0.341 e. The van der Waals surface area contributed by atoms with Crippen LogP contribution in [-0.2, 0) is 28.4 Å². The summed E-state index contributed by atoms with van der Waals surface area (Å²) in [6.45, 7) is 2.95. The third kappa shape index (κ3) is 5.02. The summed E-state index contributed by atoms with van der Waals surface area (Å²) < 4.78 is 28.9. The molecule has 1 aliphatic rings. The van der Waals surface area contributed by atoms with Crippen LogP contribution in [0.4, 0.5) is 0 Å². The highest BCUT2D eigenvalue weighted by molar-refractivity contribution is 7.89. The molecule has 33 heavy (non-hydrogen) atoms. The van der Waals surface area contributed by atoms with Crippen LogP contribution in [0.15, 0.2) is 65.8 Å². The Kier molecular flexibility index (Phi) is 6.67. The number of aromatic nitrogens is 2. The first-order valence-electron chi connectivity index (χ1n) is 11.1. The Morgan fingerprint density at radius 1 is 1.03 bits per heavy atom. The first-order valence-corrected chi connectivity index (χ1v) is 12.6. The molecule has 0 atom stereocenters. The number of hydrogen-bond acceptors (Lipinski definition) is 4. The number of carbonyl (C=O) groups excluding carboxylic acids is 1. The number of aryl methyl sites for hydroxylation is 2. The summed E-state index contributed by atoms with van der Waals surface area (Å²) in [6.07, 6.45) is 2.57. The predicted octanol–water partition coefficient (Wildman–Crippen LogP) is 3.45. The standard InChI is InChI=1S/C25H30N4O3S/c1-19-26-24(18-27(19)2)33(31,32)29-15-13-23(14-16-29)25(30)28(3)17-20-9-11-22(12-10-20)21-7-5-4-6-8-21/h4-12,18,23H,13-17H2,1-3H3. The van der Waals surface area contributed by atoms with Gasteiger partial charge in [-0.3, -0.25) is 4.79 Å². The average Bonchev–Trinajstić information content (AvgIpc) is 3.18. The summed E-state index contributed by atoms with van der Waals surface area (Å²) in [6, 6.07) is 18.4. The van der Waals surface area contributed by atoms with Crippen molar-refractivity contribution in [1.82, 2.24) is 18.8 Å². The minimum absolute atomic E-state index is 0.0628. The van der Waals surface area contributed by atoms with E-state index in [1.165, 1.54) is 4.31 Å². The van der Waals surface area contributed by atoms with Crippen molar-refractivity contribution in [3.8, 4) is 11.1 Å². The zero-order chi connectivity index (χ0) is 23.6. The van der Waals surface area contributed by atoms with Gasteiger partial charge >= 0.3 is 0 Å². The molecule has 3 aromatic rings. The molecule has 1 aliphatic heterocycles. The van der Waals surface area contributed by atoms with Gasteiger partial charge in [-0.15, -0.1) is 0 Å². The molecule has 1 amide bonds. The minimum atomic E-state index is -3.63. The molecule has 1 saturated heterocycles. The molecule has 4 rings (SSSR count). The molecule has 0 aliphatic carbocycles. The molecular weight excluding hydrogens is 436 g/mol. The van der Waals surface area contributed by atoms with E-state index < -0.39 is 10.0 Å². The van der Waals surface area contributed by atoms with Gasteiger partial charge in [0.2, 0.25) is 5.91 Å². The van der Waals surface area contributed by atoms with Gasteiger partial charge in [0.1, 0.15) is 5.82 Å². The van der Waals surface area contributed by atoms with Crippen molar-refractivity contribution < 1.29 is 13.2 Å². The molecule has 7 nitrogen and oxygen atoms in total. The smallest absolute Gasteiger partial charge is 0.262 e. The fourth-order valence-corrected chi connectivity index (χ4v) is 5.72. The lowest BCUT2D eigenvalue weighted by Crippen LogP contribution is -2.43. The van der Waals surface area contributed by atoms with Crippen molar-refractivity contribution in [2.45, 2.75) is 31.3 Å². The van der Waals surface area contributed by atoms with Crippen molar-refractivity contribution in [3.63, 3.8) is 0 Å². The fourth-order valence-electron chi connectivity index (χ4n) is 4.22. The number of carbonyl (C=O) groups is 1. The van der Waals surface area contributed by atoms with Crippen LogP contribution in [0.25, 0.3) is 11.1 Å². The Morgan fingerprint density at radius 3 is 2.21 bits per heavy atom. The lowest BCUT2D eigenvalue weighted by atomic mass is 9.96. The number of rotatable bonds is 6. The number of imidazole rings is 1. The lowest BCUT2D eigenvalue weighted by molar-refractivity contribution is -0.135. The Bertz CT molecular complexity index is 1190. The maximum Gasteiger partial charge on any atom is 0.262 e. The van der Waals surface area contributed by atoms with Gasteiger partial charge in [-0.25, -0.2) is 13.4 Å². The van der Waals surface area contributed by atoms with Gasteiger partial charge < -0.3 is 9.47 Å². The van der Waals surface area contributed by atoms with Gasteiger partial charge in [0.05, 0.1) is 0 Å². The van der Waals surface area contributed by atoms with E-state index in [0.717, 1.165) is 16.7 Å². The van der Waals surface area contributed by atoms with Gasteiger partial charge in [0.25, 0.3) is 10.0 Å². The molecule has 1 aromatic heterocycles. The van der Waals surface area contributed by atoms with E-state index in [1.54, 1.807) is 29.6 Å². The molecule has 8 heteroatoms. The third-order valence-electron chi connectivity index (χ3n) is 6.35. The summed E-state index contributed by atoms with van der Waals surface area (Å²) in [4.78, 5) is 18.9. The molecule has 174 valence electrons. The first-order chi connectivity index (χ1) is 15.8. The highest BCUT2D eigenvalue weighted by Gasteiger charge is 2.34. The van der Waals surface area contributed by atoms with Gasteiger partial charge in [-0.05, 0) is 36.5 Å². The van der Waals surface area contributed by atoms with Crippen LogP contribution in [0.5, 0.6) is 0 Å². The molecule has 2 aromatic carbocycles. The Labute approximate surface area is 195 Å². The second-order valence-corrected chi connectivity index (χ2v) is 10.6. The van der Waals surface area contributed by atoms with E-state index in [9.17, 15) is 13.2 Å². The van der Waals surface area contributed by atoms with Gasteiger partial charge in [0.15, 0.2) is 5.03 Å². The van der Waals surface area contributed by atoms with Crippen molar-refractivity contribution in [1.29, 1.82) is 0 Å². The monoisotopic (exact) mass is 466 g/mol. The van der Waals surface area contributed by atoms with Crippen LogP contribution in [0, 0.1) is 12.8 Å². The van der Waals surface area contributed by atoms with Crippen LogP contribution >= 0.6 is 0 Å². The first kappa shape index (κ1) is 23.2. The molecule has 0 bridgehead atoms. The lowest BCUT2D eigenvalue weighted by Gasteiger charge is -2.32. The van der Waals surface area contributed by atoms with Crippen LogP contribution < -0.4 is 0 Å². The quantitative estimate of drug-likeness (QED) is 0.558. The summed E-state index contributed by atoms with van der Waals surface area (Å²) in [5.41, 5.74) is 3.37. The SMILES string of the molecule is Cc1nc(S(=O)(=O)N2CCC(C(=O)N(C)Cc3ccc(-c4ccccc4)cc3)CC2)cn1C. The van der Waals surface area contributed by atoms with E-state index in [2.05, 4.69) is 41.4 Å². The van der Waals surface area contributed by atoms with E-state index in [4.69, 9.17) is 0 Å². The number of sulfonamides is 1. The van der Waals surface area contributed by atoms with Crippen LogP contribution in [-0.4, -0.2) is 53.2 Å². The largest absolute Gasteiger partial charge is 0.341 e. The number of hydrogen-bond donors (Lipinski definition) is 0. The summed E-state index contributed by atoms with van der Waals surface area (Å²) in [5.74, 6) is 0.542. The topological polar surface area (TPSA) is 75.5 Å². The molecule has 1 fully saturated rings. The van der Waals surface area contributed by atoms with Crippen molar-refractivity contribution >= 4 is 15.9 Å². The normalized spacial score (nSPS) is 15.5. The second-order valence-electron chi connectivity index (χ2n) is 8.67. The van der Waals surface area contributed by atoms with Crippen molar-refractivity contribution in [3.05, 3.63) is 72.2 Å². The van der Waals surface area contributed by atoms with Crippen LogP contribution in [0.2, 0.25) is 0 Å².